The van der Waals surface area contributed by atoms with E-state index < -0.39 is 21.7 Å². The Morgan fingerprint density at radius 1 is 1.02 bits per heavy atom. The molecule has 0 unspecified atom stereocenters. The third-order valence-electron chi connectivity index (χ3n) is 6.47. The summed E-state index contributed by atoms with van der Waals surface area (Å²) < 4.78 is 54.3. The molecule has 8 nitrogen and oxygen atoms in total. The van der Waals surface area contributed by atoms with Crippen LogP contribution >= 0.6 is 11.6 Å². The van der Waals surface area contributed by atoms with Gasteiger partial charge in [0.2, 0.25) is 0 Å². The van der Waals surface area contributed by atoms with E-state index in [0.29, 0.717) is 17.0 Å². The zero-order chi connectivity index (χ0) is 29.3. The predicted octanol–water partition coefficient (Wildman–Crippen LogP) is 6.55. The normalized spacial score (nSPS) is 11.4. The molecule has 41 heavy (non-hydrogen) atoms. The molecule has 0 aliphatic rings. The highest BCUT2D eigenvalue weighted by Crippen LogP contribution is 2.34. The first-order chi connectivity index (χ1) is 19.5. The summed E-state index contributed by atoms with van der Waals surface area (Å²) in [5.74, 6) is -0.554. The lowest BCUT2D eigenvalue weighted by Crippen LogP contribution is -2.31. The molecular formula is C30H25ClFN3O5S. The van der Waals surface area contributed by atoms with Crippen LogP contribution in [0.3, 0.4) is 0 Å². The topological polar surface area (TPSA) is 103 Å². The fourth-order valence-corrected chi connectivity index (χ4v) is 6.09. The number of carbonyl (C=O) groups is 1. The number of sulfonamides is 1. The van der Waals surface area contributed by atoms with E-state index in [4.69, 9.17) is 20.9 Å². The van der Waals surface area contributed by atoms with E-state index in [-0.39, 0.29) is 33.5 Å². The third-order valence-corrected chi connectivity index (χ3v) is 8.39. The first-order valence-corrected chi connectivity index (χ1v) is 14.4. The number of halogens is 2. The maximum atomic E-state index is 13.5. The number of nitrogens with one attached hydrogen (secondary N) is 1. The standard InChI is InChI=1S/C30H25ClFN3O5S/c1-18-11-14-27(25-9-4-5-10-28(25)39-17-22-12-13-23(32)16-26(22)31)35(18)24-8-6-7-21(15-24)30(36)34-41(37,38)29-19(2)33-40-20(29)3/h4-16H,17H2,1-3H3,(H,34,36). The number of rotatable bonds is 8. The van der Waals surface area contributed by atoms with Crippen molar-refractivity contribution < 1.29 is 26.9 Å². The van der Waals surface area contributed by atoms with Crippen molar-refractivity contribution in [3.63, 3.8) is 0 Å². The van der Waals surface area contributed by atoms with Crippen LogP contribution in [-0.2, 0) is 16.6 Å². The zero-order valence-corrected chi connectivity index (χ0v) is 23.9. The number of benzene rings is 3. The van der Waals surface area contributed by atoms with E-state index in [1.807, 2.05) is 54.0 Å². The lowest BCUT2D eigenvalue weighted by Gasteiger charge is -2.17. The molecule has 0 atom stereocenters. The molecule has 3 aromatic carbocycles. The van der Waals surface area contributed by atoms with Crippen LogP contribution in [0.15, 0.2) is 88.3 Å². The Kier molecular flexibility index (Phi) is 7.70. The Balaban J connectivity index is 1.45. The summed E-state index contributed by atoms with van der Waals surface area (Å²) in [5.41, 5.74) is 4.01. The Morgan fingerprint density at radius 2 is 1.80 bits per heavy atom. The Hall–Kier alpha value is -4.41. The van der Waals surface area contributed by atoms with Crippen LogP contribution < -0.4 is 9.46 Å². The monoisotopic (exact) mass is 593 g/mol. The number of ether oxygens (including phenoxy) is 1. The second kappa shape index (κ2) is 11.2. The quantitative estimate of drug-likeness (QED) is 0.219. The van der Waals surface area contributed by atoms with Crippen molar-refractivity contribution in [1.29, 1.82) is 0 Å². The van der Waals surface area contributed by atoms with Crippen molar-refractivity contribution in [3.05, 3.63) is 118 Å². The Labute approximate surface area is 241 Å². The van der Waals surface area contributed by atoms with Crippen LogP contribution in [0.25, 0.3) is 16.9 Å². The van der Waals surface area contributed by atoms with Gasteiger partial charge in [-0.3, -0.25) is 4.79 Å². The van der Waals surface area contributed by atoms with Crippen molar-refractivity contribution in [2.24, 2.45) is 0 Å². The SMILES string of the molecule is Cc1noc(C)c1S(=O)(=O)NC(=O)c1cccc(-n2c(C)ccc2-c2ccccc2OCc2ccc(F)cc2Cl)c1. The summed E-state index contributed by atoms with van der Waals surface area (Å²) in [6.45, 7) is 5.00. The van der Waals surface area contributed by atoms with Gasteiger partial charge in [-0.15, -0.1) is 0 Å². The number of hydrogen-bond acceptors (Lipinski definition) is 6. The summed E-state index contributed by atoms with van der Waals surface area (Å²) in [7, 11) is -4.20. The van der Waals surface area contributed by atoms with E-state index in [1.54, 1.807) is 18.2 Å². The summed E-state index contributed by atoms with van der Waals surface area (Å²) >= 11 is 6.18. The average Bonchev–Trinajstić information content (AvgIpc) is 3.49. The molecule has 0 fully saturated rings. The average molecular weight is 594 g/mol. The van der Waals surface area contributed by atoms with Gasteiger partial charge in [-0.05, 0) is 75.4 Å². The van der Waals surface area contributed by atoms with E-state index in [9.17, 15) is 17.6 Å². The maximum absolute atomic E-state index is 13.5. The van der Waals surface area contributed by atoms with Crippen molar-refractivity contribution >= 4 is 27.5 Å². The second-order valence-corrected chi connectivity index (χ2v) is 11.4. The lowest BCUT2D eigenvalue weighted by atomic mass is 10.1. The van der Waals surface area contributed by atoms with Crippen LogP contribution in [0.2, 0.25) is 5.02 Å². The number of aryl methyl sites for hydroxylation is 3. The number of amides is 1. The fraction of sp³-hybridized carbons (Fsp3) is 0.133. The second-order valence-electron chi connectivity index (χ2n) is 9.35. The minimum Gasteiger partial charge on any atom is -0.488 e. The molecule has 0 radical (unpaired) electrons. The maximum Gasteiger partial charge on any atom is 0.269 e. The largest absolute Gasteiger partial charge is 0.488 e. The van der Waals surface area contributed by atoms with Crippen LogP contribution in [-0.4, -0.2) is 24.0 Å². The van der Waals surface area contributed by atoms with Gasteiger partial charge in [0.1, 0.15) is 23.9 Å². The number of carbonyl (C=O) groups excluding carboxylic acids is 1. The molecule has 2 heterocycles. The van der Waals surface area contributed by atoms with Crippen molar-refractivity contribution in [2.75, 3.05) is 0 Å². The van der Waals surface area contributed by atoms with Crippen LogP contribution in [0.5, 0.6) is 5.75 Å². The first-order valence-electron chi connectivity index (χ1n) is 12.5. The van der Waals surface area contributed by atoms with Gasteiger partial charge >= 0.3 is 0 Å². The molecule has 0 aliphatic carbocycles. The highest BCUT2D eigenvalue weighted by molar-refractivity contribution is 7.90. The molecule has 5 rings (SSSR count). The van der Waals surface area contributed by atoms with Crippen LogP contribution in [0.1, 0.15) is 33.1 Å². The van der Waals surface area contributed by atoms with Gasteiger partial charge in [-0.25, -0.2) is 17.5 Å². The summed E-state index contributed by atoms with van der Waals surface area (Å²) in [5, 5.41) is 3.93. The molecule has 2 aromatic heterocycles. The van der Waals surface area contributed by atoms with Gasteiger partial charge in [0.15, 0.2) is 10.7 Å². The minimum absolute atomic E-state index is 0.0896. The molecule has 0 spiro atoms. The van der Waals surface area contributed by atoms with Crippen molar-refractivity contribution in [2.45, 2.75) is 32.3 Å². The van der Waals surface area contributed by atoms with Gasteiger partial charge in [0.05, 0.1) is 10.7 Å². The van der Waals surface area contributed by atoms with Crippen molar-refractivity contribution in [1.82, 2.24) is 14.4 Å². The molecule has 0 saturated carbocycles. The zero-order valence-electron chi connectivity index (χ0n) is 22.3. The van der Waals surface area contributed by atoms with Crippen LogP contribution in [0.4, 0.5) is 4.39 Å². The summed E-state index contributed by atoms with van der Waals surface area (Å²) in [4.78, 5) is 12.9. The fourth-order valence-electron chi connectivity index (χ4n) is 4.57. The third kappa shape index (κ3) is 5.75. The molecule has 1 amide bonds. The summed E-state index contributed by atoms with van der Waals surface area (Å²) in [6, 6.07) is 22.1. The Bertz CT molecular complexity index is 1860. The van der Waals surface area contributed by atoms with E-state index in [0.717, 1.165) is 17.0 Å². The predicted molar refractivity (Wildman–Crippen MR) is 152 cm³/mol. The number of para-hydroxylation sites is 1. The molecule has 5 aromatic rings. The van der Waals surface area contributed by atoms with E-state index in [2.05, 4.69) is 9.88 Å². The van der Waals surface area contributed by atoms with Crippen LogP contribution in [0, 0.1) is 26.6 Å². The number of hydrogen-bond donors (Lipinski definition) is 1. The molecule has 0 bridgehead atoms. The van der Waals surface area contributed by atoms with Crippen molar-refractivity contribution in [3.8, 4) is 22.7 Å². The van der Waals surface area contributed by atoms with E-state index >= 15 is 0 Å². The lowest BCUT2D eigenvalue weighted by molar-refractivity contribution is 0.0981. The minimum atomic E-state index is -4.20. The van der Waals surface area contributed by atoms with Gasteiger partial charge in [0.25, 0.3) is 15.9 Å². The molecule has 11 heteroatoms. The molecule has 0 aliphatic heterocycles. The smallest absolute Gasteiger partial charge is 0.269 e. The van der Waals surface area contributed by atoms with Gasteiger partial charge < -0.3 is 13.8 Å². The molecular weight excluding hydrogens is 569 g/mol. The molecule has 210 valence electrons. The van der Waals surface area contributed by atoms with Gasteiger partial charge in [0, 0.05) is 28.1 Å². The number of aromatic nitrogens is 2. The molecule has 1 N–H and O–H groups in total. The van der Waals surface area contributed by atoms with Gasteiger partial charge in [-0.1, -0.05) is 41.0 Å². The molecule has 0 saturated heterocycles. The van der Waals surface area contributed by atoms with Gasteiger partial charge in [-0.2, -0.15) is 0 Å². The first kappa shape index (κ1) is 28.1. The highest BCUT2D eigenvalue weighted by atomic mass is 35.5. The van der Waals surface area contributed by atoms with E-state index in [1.165, 1.54) is 32.0 Å². The Morgan fingerprint density at radius 3 is 2.54 bits per heavy atom. The summed E-state index contributed by atoms with van der Waals surface area (Å²) in [6.07, 6.45) is 0. The highest BCUT2D eigenvalue weighted by Gasteiger charge is 2.27. The number of nitrogens with zero attached hydrogens (tertiary/aromatic N) is 2.